The highest BCUT2D eigenvalue weighted by atomic mass is 19.4. The fourth-order valence-electron chi connectivity index (χ4n) is 3.59. The van der Waals surface area contributed by atoms with E-state index in [2.05, 4.69) is 25.6 Å². The molecule has 14 heteroatoms. The second-order valence-electron chi connectivity index (χ2n) is 9.88. The zero-order valence-corrected chi connectivity index (χ0v) is 23.7. The second kappa shape index (κ2) is 13.9. The van der Waals surface area contributed by atoms with Crippen LogP contribution in [0.1, 0.15) is 30.5 Å². The molecule has 0 saturated carbocycles. The molecule has 44 heavy (non-hydrogen) atoms. The molecule has 1 heterocycles. The molecule has 232 valence electrons. The van der Waals surface area contributed by atoms with Crippen molar-refractivity contribution in [1.82, 2.24) is 15.0 Å². The summed E-state index contributed by atoms with van der Waals surface area (Å²) >= 11 is 0. The van der Waals surface area contributed by atoms with Crippen LogP contribution in [0.25, 0.3) is 0 Å². The minimum atomic E-state index is -4.43. The molecule has 0 radical (unpaired) electrons. The minimum absolute atomic E-state index is 0.0419. The van der Waals surface area contributed by atoms with E-state index in [0.29, 0.717) is 17.1 Å². The number of nitrogens with one attached hydrogen (secondary N) is 2. The van der Waals surface area contributed by atoms with Gasteiger partial charge in [-0.1, -0.05) is 24.3 Å². The Bertz CT molecular complexity index is 1530. The van der Waals surface area contributed by atoms with Crippen LogP contribution in [0.5, 0.6) is 17.5 Å². The number of aliphatic carboxylic acids is 1. The van der Waals surface area contributed by atoms with Gasteiger partial charge in [0.15, 0.2) is 5.60 Å². The molecule has 0 atom stereocenters. The second-order valence-corrected chi connectivity index (χ2v) is 9.88. The third-order valence-corrected chi connectivity index (χ3v) is 6.01. The molecule has 1 aromatic heterocycles. The van der Waals surface area contributed by atoms with Crippen LogP contribution in [0.4, 0.5) is 29.5 Å². The smallest absolute Gasteiger partial charge is 0.416 e. The predicted octanol–water partition coefficient (Wildman–Crippen LogP) is 5.95. The normalized spacial score (nSPS) is 11.5. The van der Waals surface area contributed by atoms with Gasteiger partial charge in [0.1, 0.15) is 30.5 Å². The predicted molar refractivity (Wildman–Crippen MR) is 152 cm³/mol. The number of hydrogen-bond acceptors (Lipinski definition) is 9. The number of halogens is 4. The quantitative estimate of drug-likeness (QED) is 0.116. The van der Waals surface area contributed by atoms with Gasteiger partial charge in [0, 0.05) is 13.1 Å². The first-order chi connectivity index (χ1) is 20.9. The summed E-state index contributed by atoms with van der Waals surface area (Å²) in [6, 6.07) is 16.9. The highest BCUT2D eigenvalue weighted by Crippen LogP contribution is 2.29. The molecule has 0 aliphatic rings. The van der Waals surface area contributed by atoms with Gasteiger partial charge in [-0.25, -0.2) is 9.18 Å². The molecule has 0 bridgehead atoms. The highest BCUT2D eigenvalue weighted by molar-refractivity contribution is 5.76. The van der Waals surface area contributed by atoms with E-state index in [1.807, 2.05) is 0 Å². The molecule has 0 amide bonds. The van der Waals surface area contributed by atoms with Crippen molar-refractivity contribution in [2.75, 3.05) is 23.8 Å². The highest BCUT2D eigenvalue weighted by Gasteiger charge is 2.30. The van der Waals surface area contributed by atoms with E-state index >= 15 is 0 Å². The van der Waals surface area contributed by atoms with Crippen molar-refractivity contribution in [3.05, 3.63) is 95.3 Å². The lowest BCUT2D eigenvalue weighted by molar-refractivity contribution is -0.152. The Morgan fingerprint density at radius 2 is 1.25 bits per heavy atom. The number of nitrogens with zero attached hydrogens (tertiary/aromatic N) is 3. The number of alkyl halides is 3. The van der Waals surface area contributed by atoms with Crippen molar-refractivity contribution in [3.8, 4) is 17.5 Å². The van der Waals surface area contributed by atoms with Crippen LogP contribution in [0.3, 0.4) is 0 Å². The maximum absolute atomic E-state index is 13.3. The van der Waals surface area contributed by atoms with Gasteiger partial charge in [0.05, 0.1) is 5.56 Å². The third-order valence-electron chi connectivity index (χ3n) is 6.01. The lowest BCUT2D eigenvalue weighted by Crippen LogP contribution is -2.37. The SMILES string of the molecule is CC(C)(Oc1ccc(OCCOc2nc(NCc3ccc(F)cc3)nc(NCc3ccc(C(F)(F)F)cc3)n2)cc1)C(=O)O. The molecule has 0 saturated heterocycles. The Labute approximate surface area is 250 Å². The zero-order chi connectivity index (χ0) is 31.7. The average Bonchev–Trinajstić information content (AvgIpc) is 2.98. The summed E-state index contributed by atoms with van der Waals surface area (Å²) in [5, 5.41) is 15.2. The summed E-state index contributed by atoms with van der Waals surface area (Å²) in [6.07, 6.45) is -4.43. The lowest BCUT2D eigenvalue weighted by atomic mass is 10.1. The Hall–Kier alpha value is -5.14. The number of benzene rings is 3. The Kier molecular flexibility index (Phi) is 10.0. The van der Waals surface area contributed by atoms with Gasteiger partial charge >= 0.3 is 18.2 Å². The number of rotatable bonds is 14. The van der Waals surface area contributed by atoms with Crippen molar-refractivity contribution in [3.63, 3.8) is 0 Å². The first-order valence-electron chi connectivity index (χ1n) is 13.3. The summed E-state index contributed by atoms with van der Waals surface area (Å²) in [5.74, 6) is -0.353. The molecular weight excluding hydrogens is 586 g/mol. The molecular formula is C30H29F4N5O5. The van der Waals surface area contributed by atoms with E-state index in [0.717, 1.165) is 17.7 Å². The van der Waals surface area contributed by atoms with Gasteiger partial charge in [-0.2, -0.15) is 28.1 Å². The van der Waals surface area contributed by atoms with Crippen molar-refractivity contribution >= 4 is 17.9 Å². The first-order valence-corrected chi connectivity index (χ1v) is 13.3. The third kappa shape index (κ3) is 9.44. The van der Waals surface area contributed by atoms with Crippen LogP contribution in [0, 0.1) is 5.82 Å². The van der Waals surface area contributed by atoms with E-state index in [4.69, 9.17) is 14.2 Å². The van der Waals surface area contributed by atoms with Crippen molar-refractivity contribution in [2.45, 2.75) is 38.7 Å². The number of carboxylic acids is 1. The van der Waals surface area contributed by atoms with Gasteiger partial charge in [-0.15, -0.1) is 0 Å². The van der Waals surface area contributed by atoms with Gasteiger partial charge in [-0.3, -0.25) is 0 Å². The maximum Gasteiger partial charge on any atom is 0.416 e. The summed E-state index contributed by atoms with van der Waals surface area (Å²) in [7, 11) is 0. The van der Waals surface area contributed by atoms with Crippen molar-refractivity contribution in [2.24, 2.45) is 0 Å². The van der Waals surface area contributed by atoms with E-state index < -0.39 is 23.3 Å². The molecule has 4 rings (SSSR count). The van der Waals surface area contributed by atoms with Crippen LogP contribution < -0.4 is 24.8 Å². The van der Waals surface area contributed by atoms with E-state index in [1.165, 1.54) is 38.1 Å². The van der Waals surface area contributed by atoms with Crippen LogP contribution in [0.15, 0.2) is 72.8 Å². The Morgan fingerprint density at radius 3 is 1.77 bits per heavy atom. The molecule has 3 aromatic carbocycles. The van der Waals surface area contributed by atoms with Gasteiger partial charge < -0.3 is 30.0 Å². The molecule has 3 N–H and O–H groups in total. The lowest BCUT2D eigenvalue weighted by Gasteiger charge is -2.21. The van der Waals surface area contributed by atoms with Gasteiger partial charge in [0.25, 0.3) is 0 Å². The summed E-state index contributed by atoms with van der Waals surface area (Å²) in [6.45, 7) is 3.44. The van der Waals surface area contributed by atoms with Crippen LogP contribution in [-0.2, 0) is 24.1 Å². The molecule has 0 fully saturated rings. The minimum Gasteiger partial charge on any atom is -0.490 e. The topological polar surface area (TPSA) is 128 Å². The largest absolute Gasteiger partial charge is 0.490 e. The molecule has 4 aromatic rings. The van der Waals surface area contributed by atoms with E-state index in [-0.39, 0.29) is 50.0 Å². The summed E-state index contributed by atoms with van der Waals surface area (Å²) in [4.78, 5) is 24.0. The molecule has 0 aliphatic heterocycles. The molecule has 10 nitrogen and oxygen atoms in total. The van der Waals surface area contributed by atoms with Crippen LogP contribution in [0.2, 0.25) is 0 Å². The summed E-state index contributed by atoms with van der Waals surface area (Å²) in [5.41, 5.74) is -0.806. The Balaban J connectivity index is 1.37. The van der Waals surface area contributed by atoms with Crippen molar-refractivity contribution < 1.29 is 41.7 Å². The van der Waals surface area contributed by atoms with Gasteiger partial charge in [-0.05, 0) is 73.5 Å². The zero-order valence-electron chi connectivity index (χ0n) is 23.7. The number of ether oxygens (including phenoxy) is 3. The molecule has 0 aliphatic carbocycles. The number of aromatic nitrogens is 3. The standard InChI is InChI=1S/C30H29F4N5O5/c1-29(2,25(40)41)44-24-13-11-23(12-14-24)42-15-16-43-28-38-26(35-17-19-3-7-21(8-4-19)30(32,33)34)37-27(39-28)36-18-20-5-9-22(31)10-6-20/h3-14H,15-18H2,1-2H3,(H,40,41)(H2,35,36,37,38,39). The van der Waals surface area contributed by atoms with E-state index in [1.54, 1.807) is 36.4 Å². The number of anilines is 2. The number of carboxylic acid groups (broad SMARTS) is 1. The molecule has 0 spiro atoms. The van der Waals surface area contributed by atoms with Gasteiger partial charge in [0.2, 0.25) is 11.9 Å². The Morgan fingerprint density at radius 1 is 0.750 bits per heavy atom. The molecule has 0 unspecified atom stereocenters. The number of hydrogen-bond donors (Lipinski definition) is 3. The van der Waals surface area contributed by atoms with Crippen molar-refractivity contribution in [1.29, 1.82) is 0 Å². The fourth-order valence-corrected chi connectivity index (χ4v) is 3.59. The fraction of sp³-hybridized carbons (Fsp3) is 0.267. The first kappa shape index (κ1) is 31.8. The average molecular weight is 616 g/mol. The monoisotopic (exact) mass is 615 g/mol. The summed E-state index contributed by atoms with van der Waals surface area (Å²) < 4.78 is 68.7. The van der Waals surface area contributed by atoms with Crippen LogP contribution in [-0.4, -0.2) is 44.8 Å². The maximum atomic E-state index is 13.3. The van der Waals surface area contributed by atoms with Crippen LogP contribution >= 0.6 is 0 Å². The van der Waals surface area contributed by atoms with E-state index in [9.17, 15) is 27.5 Å². The number of carbonyl (C=O) groups is 1.